The van der Waals surface area contributed by atoms with Crippen LogP contribution in [0, 0.1) is 22.5 Å². The Hall–Kier alpha value is -3.05. The number of thioether (sulfide) groups is 1. The van der Waals surface area contributed by atoms with Crippen molar-refractivity contribution >= 4 is 27.8 Å². The first-order valence-electron chi connectivity index (χ1n) is 11.3. The number of nitrogens with zero attached hydrogens (tertiary/aromatic N) is 1. The average Bonchev–Trinajstić information content (AvgIpc) is 3.08. The van der Waals surface area contributed by atoms with Crippen LogP contribution >= 0.6 is 11.8 Å². The molecule has 0 unspecified atom stereocenters. The number of rotatable bonds is 6. The quantitative estimate of drug-likeness (QED) is 0.175. The number of pyridine rings is 1. The van der Waals surface area contributed by atoms with Crippen LogP contribution in [-0.2, 0) is 6.42 Å². The highest BCUT2D eigenvalue weighted by Crippen LogP contribution is 2.31. The molecule has 1 heterocycles. The molecule has 188 valence electrons. The highest BCUT2D eigenvalue weighted by Gasteiger charge is 2.38. The Morgan fingerprint density at radius 3 is 2.49 bits per heavy atom. The SMILES string of the molecule is CNC1(N(C)C(=O)c2[nH]cc(C(=N)SC(=N)Cc3ccc(F)cc3F)c(=O)c2O)CCCCCC1. The third-order valence-electron chi connectivity index (χ3n) is 6.45. The molecule has 35 heavy (non-hydrogen) atoms. The van der Waals surface area contributed by atoms with Gasteiger partial charge in [-0.05, 0) is 44.4 Å². The molecule has 0 aliphatic heterocycles. The van der Waals surface area contributed by atoms with Crippen LogP contribution in [0.4, 0.5) is 8.78 Å². The van der Waals surface area contributed by atoms with Crippen LogP contribution < -0.4 is 10.7 Å². The molecule has 11 heteroatoms. The van der Waals surface area contributed by atoms with Crippen LogP contribution in [0.25, 0.3) is 0 Å². The molecule has 0 spiro atoms. The van der Waals surface area contributed by atoms with Gasteiger partial charge in [-0.2, -0.15) is 0 Å². The van der Waals surface area contributed by atoms with Gasteiger partial charge in [-0.1, -0.05) is 30.7 Å². The standard InChI is InChI=1S/C24H29F2N5O3S/c1-29-24(9-5-3-4-6-10-24)31(2)23(34)19-21(33)20(32)16(13-30-19)22(28)35-18(27)11-14-7-8-15(25)12-17(14)26/h7-8,12-13,27-29,33H,3-6,9-11H2,1-2H3,(H,30,32). The molecule has 5 N–H and O–H groups in total. The highest BCUT2D eigenvalue weighted by atomic mass is 32.2. The smallest absolute Gasteiger partial charge is 0.275 e. The van der Waals surface area contributed by atoms with Gasteiger partial charge in [-0.3, -0.25) is 25.7 Å². The van der Waals surface area contributed by atoms with Crippen molar-refractivity contribution in [1.82, 2.24) is 15.2 Å². The number of halogens is 2. The number of nitrogens with one attached hydrogen (secondary N) is 4. The number of carbonyl (C=O) groups excluding carboxylic acids is 1. The zero-order valence-corrected chi connectivity index (χ0v) is 20.5. The van der Waals surface area contributed by atoms with Crippen molar-refractivity contribution in [2.45, 2.75) is 50.6 Å². The lowest BCUT2D eigenvalue weighted by atomic mass is 9.98. The molecule has 1 aliphatic rings. The fourth-order valence-electron chi connectivity index (χ4n) is 4.33. The van der Waals surface area contributed by atoms with E-state index in [0.29, 0.717) is 17.8 Å². The van der Waals surface area contributed by atoms with E-state index in [9.17, 15) is 23.5 Å². The molecule has 1 aliphatic carbocycles. The van der Waals surface area contributed by atoms with E-state index in [-0.39, 0.29) is 33.3 Å². The fraction of sp³-hybridized carbons (Fsp3) is 0.417. The van der Waals surface area contributed by atoms with Gasteiger partial charge >= 0.3 is 0 Å². The number of amides is 1. The van der Waals surface area contributed by atoms with Crippen molar-refractivity contribution in [1.29, 1.82) is 10.8 Å². The summed E-state index contributed by atoms with van der Waals surface area (Å²) in [7, 11) is 3.41. The maximum atomic E-state index is 13.9. The zero-order valence-electron chi connectivity index (χ0n) is 19.6. The molecule has 1 aromatic carbocycles. The Bertz CT molecular complexity index is 1190. The van der Waals surface area contributed by atoms with E-state index in [1.165, 1.54) is 11.0 Å². The van der Waals surface area contributed by atoms with Crippen LogP contribution in [0.5, 0.6) is 5.75 Å². The number of aromatic hydroxyl groups is 1. The van der Waals surface area contributed by atoms with E-state index in [0.717, 1.165) is 50.8 Å². The largest absolute Gasteiger partial charge is 0.503 e. The maximum absolute atomic E-state index is 13.9. The number of carbonyl (C=O) groups is 1. The molecule has 0 atom stereocenters. The minimum Gasteiger partial charge on any atom is -0.503 e. The van der Waals surface area contributed by atoms with Crippen molar-refractivity contribution in [3.05, 3.63) is 63.1 Å². The summed E-state index contributed by atoms with van der Waals surface area (Å²) in [6.07, 6.45) is 6.49. The summed E-state index contributed by atoms with van der Waals surface area (Å²) in [6, 6.07) is 3.00. The number of benzene rings is 1. The number of aromatic nitrogens is 1. The van der Waals surface area contributed by atoms with Crippen LogP contribution in [0.1, 0.15) is 60.1 Å². The summed E-state index contributed by atoms with van der Waals surface area (Å²) in [5, 5.41) is 29.5. The normalized spacial score (nSPS) is 15.3. The Morgan fingerprint density at radius 2 is 1.89 bits per heavy atom. The molecule has 2 aromatic rings. The molecule has 0 radical (unpaired) electrons. The molecule has 0 bridgehead atoms. The van der Waals surface area contributed by atoms with Crippen LogP contribution in [0.2, 0.25) is 0 Å². The van der Waals surface area contributed by atoms with E-state index in [1.54, 1.807) is 14.1 Å². The predicted octanol–water partition coefficient (Wildman–Crippen LogP) is 3.98. The second-order valence-electron chi connectivity index (χ2n) is 8.58. The van der Waals surface area contributed by atoms with E-state index >= 15 is 0 Å². The number of hydrogen-bond acceptors (Lipinski definition) is 7. The second-order valence-corrected chi connectivity index (χ2v) is 9.69. The predicted molar refractivity (Wildman–Crippen MR) is 133 cm³/mol. The first-order valence-corrected chi connectivity index (χ1v) is 12.1. The van der Waals surface area contributed by atoms with Gasteiger partial charge in [0.25, 0.3) is 5.91 Å². The molecule has 1 aromatic heterocycles. The molecule has 3 rings (SSSR count). The summed E-state index contributed by atoms with van der Waals surface area (Å²) in [6.45, 7) is 0. The number of H-pyrrole nitrogens is 1. The molecular weight excluding hydrogens is 476 g/mol. The number of aromatic amines is 1. The van der Waals surface area contributed by atoms with E-state index in [2.05, 4.69) is 10.3 Å². The van der Waals surface area contributed by atoms with Crippen molar-refractivity contribution in [3.8, 4) is 5.75 Å². The van der Waals surface area contributed by atoms with E-state index in [1.807, 2.05) is 0 Å². The molecule has 8 nitrogen and oxygen atoms in total. The van der Waals surface area contributed by atoms with Crippen molar-refractivity contribution in [2.75, 3.05) is 14.1 Å². The summed E-state index contributed by atoms with van der Waals surface area (Å²) in [5.41, 5.74) is -1.94. The van der Waals surface area contributed by atoms with Crippen LogP contribution in [-0.4, -0.2) is 50.7 Å². The molecular formula is C24H29F2N5O3S. The zero-order chi connectivity index (χ0) is 25.8. The summed E-state index contributed by atoms with van der Waals surface area (Å²) >= 11 is 0.602. The minimum atomic E-state index is -0.918. The monoisotopic (exact) mass is 505 g/mol. The summed E-state index contributed by atoms with van der Waals surface area (Å²) in [5.74, 6) is -2.90. The Labute approximate surface area is 206 Å². The third kappa shape index (κ3) is 5.79. The van der Waals surface area contributed by atoms with Gasteiger partial charge in [0.2, 0.25) is 5.43 Å². The first-order chi connectivity index (χ1) is 16.6. The average molecular weight is 506 g/mol. The van der Waals surface area contributed by atoms with Gasteiger partial charge in [-0.15, -0.1) is 0 Å². The van der Waals surface area contributed by atoms with Gasteiger partial charge in [-0.25, -0.2) is 8.78 Å². The van der Waals surface area contributed by atoms with Gasteiger partial charge in [0, 0.05) is 25.7 Å². The van der Waals surface area contributed by atoms with Gasteiger partial charge in [0.15, 0.2) is 11.4 Å². The van der Waals surface area contributed by atoms with E-state index in [4.69, 9.17) is 10.8 Å². The molecule has 1 saturated carbocycles. The van der Waals surface area contributed by atoms with Crippen LogP contribution in [0.3, 0.4) is 0 Å². The lowest BCUT2D eigenvalue weighted by molar-refractivity contribution is 0.0415. The second kappa shape index (κ2) is 11.1. The number of hydrogen-bond donors (Lipinski definition) is 5. The fourth-order valence-corrected chi connectivity index (χ4v) is 5.07. The van der Waals surface area contributed by atoms with Crippen LogP contribution in [0.15, 0.2) is 29.2 Å². The molecule has 1 amide bonds. The maximum Gasteiger partial charge on any atom is 0.275 e. The topological polar surface area (TPSA) is 133 Å². The first kappa shape index (κ1) is 26.6. The summed E-state index contributed by atoms with van der Waals surface area (Å²) < 4.78 is 26.9. The Balaban J connectivity index is 1.77. The minimum absolute atomic E-state index is 0.0782. The summed E-state index contributed by atoms with van der Waals surface area (Å²) in [4.78, 5) is 30.2. The third-order valence-corrected chi connectivity index (χ3v) is 7.26. The lowest BCUT2D eigenvalue weighted by Gasteiger charge is -2.41. The van der Waals surface area contributed by atoms with Gasteiger partial charge < -0.3 is 15.0 Å². The van der Waals surface area contributed by atoms with Gasteiger partial charge in [0.1, 0.15) is 16.7 Å². The van der Waals surface area contributed by atoms with E-state index < -0.39 is 34.4 Å². The van der Waals surface area contributed by atoms with Crippen molar-refractivity contribution in [2.24, 2.45) is 0 Å². The molecule has 0 saturated heterocycles. The molecule has 1 fully saturated rings. The van der Waals surface area contributed by atoms with Crippen molar-refractivity contribution < 1.29 is 18.7 Å². The highest BCUT2D eigenvalue weighted by molar-refractivity contribution is 8.26. The van der Waals surface area contributed by atoms with Crippen molar-refractivity contribution in [3.63, 3.8) is 0 Å². The Morgan fingerprint density at radius 1 is 1.23 bits per heavy atom. The Kier molecular flexibility index (Phi) is 8.44. The van der Waals surface area contributed by atoms with Gasteiger partial charge in [0.05, 0.1) is 16.3 Å². The lowest BCUT2D eigenvalue weighted by Crippen LogP contribution is -2.58.